The summed E-state index contributed by atoms with van der Waals surface area (Å²) >= 11 is 0. The van der Waals surface area contributed by atoms with Gasteiger partial charge in [0, 0.05) is 19.1 Å². The molecule has 0 radical (unpaired) electrons. The van der Waals surface area contributed by atoms with E-state index in [1.807, 2.05) is 18.7 Å². The maximum absolute atomic E-state index is 12.3. The molecule has 1 aliphatic rings. The van der Waals surface area contributed by atoms with Gasteiger partial charge in [0.25, 0.3) is 0 Å². The molecule has 0 aromatic heterocycles. The quantitative estimate of drug-likeness (QED) is 0.768. The Morgan fingerprint density at radius 1 is 1.42 bits per heavy atom. The molecule has 0 bridgehead atoms. The molecule has 1 heterocycles. The summed E-state index contributed by atoms with van der Waals surface area (Å²) in [5.74, 6) is 0.212. The van der Waals surface area contributed by atoms with Crippen molar-refractivity contribution in [1.82, 2.24) is 9.80 Å². The van der Waals surface area contributed by atoms with Gasteiger partial charge < -0.3 is 10.0 Å². The van der Waals surface area contributed by atoms with Gasteiger partial charge in [0.2, 0.25) is 5.91 Å². The molecule has 0 aromatic carbocycles. The van der Waals surface area contributed by atoms with Crippen molar-refractivity contribution in [3.8, 4) is 0 Å². The lowest BCUT2D eigenvalue weighted by atomic mass is 9.98. The summed E-state index contributed by atoms with van der Waals surface area (Å²) in [6, 6.07) is 0.155. The van der Waals surface area contributed by atoms with Crippen LogP contribution >= 0.6 is 0 Å². The Morgan fingerprint density at radius 2 is 2.16 bits per heavy atom. The fraction of sp³-hybridized carbons (Fsp3) is 0.933. The van der Waals surface area contributed by atoms with Crippen molar-refractivity contribution in [3.63, 3.8) is 0 Å². The highest BCUT2D eigenvalue weighted by molar-refractivity contribution is 5.78. The number of rotatable bonds is 7. The Labute approximate surface area is 117 Å². The molecule has 0 aliphatic carbocycles. The van der Waals surface area contributed by atoms with E-state index < -0.39 is 0 Å². The summed E-state index contributed by atoms with van der Waals surface area (Å²) in [6.45, 7) is 9.06. The van der Waals surface area contributed by atoms with Gasteiger partial charge in [-0.05, 0) is 39.7 Å². The maximum Gasteiger partial charge on any atom is 0.236 e. The second-order valence-electron chi connectivity index (χ2n) is 5.60. The molecule has 1 fully saturated rings. The lowest BCUT2D eigenvalue weighted by Crippen LogP contribution is -2.50. The Bertz CT molecular complexity index is 269. The Kier molecular flexibility index (Phi) is 7.39. The average molecular weight is 270 g/mol. The highest BCUT2D eigenvalue weighted by atomic mass is 16.3. The summed E-state index contributed by atoms with van der Waals surface area (Å²) in [4.78, 5) is 16.4. The van der Waals surface area contributed by atoms with Gasteiger partial charge >= 0.3 is 0 Å². The van der Waals surface area contributed by atoms with Crippen LogP contribution in [0.5, 0.6) is 0 Å². The number of unbranched alkanes of at least 4 members (excludes halogenated alkanes) is 1. The van der Waals surface area contributed by atoms with Crippen molar-refractivity contribution in [2.45, 2.75) is 65.0 Å². The summed E-state index contributed by atoms with van der Waals surface area (Å²) in [6.07, 6.45) is 5.14. The zero-order valence-electron chi connectivity index (χ0n) is 12.8. The largest absolute Gasteiger partial charge is 0.392 e. The third kappa shape index (κ3) is 5.11. The van der Waals surface area contributed by atoms with E-state index in [0.29, 0.717) is 6.54 Å². The van der Waals surface area contributed by atoms with Gasteiger partial charge in [-0.2, -0.15) is 0 Å². The third-order valence-corrected chi connectivity index (χ3v) is 4.08. The van der Waals surface area contributed by atoms with Crippen LogP contribution in [0.2, 0.25) is 0 Å². The van der Waals surface area contributed by atoms with Crippen LogP contribution in [-0.2, 0) is 4.79 Å². The summed E-state index contributed by atoms with van der Waals surface area (Å²) in [5, 5.41) is 9.83. The monoisotopic (exact) mass is 270 g/mol. The molecule has 2 atom stereocenters. The van der Waals surface area contributed by atoms with Crippen molar-refractivity contribution in [1.29, 1.82) is 0 Å². The van der Waals surface area contributed by atoms with Crippen molar-refractivity contribution in [2.75, 3.05) is 26.2 Å². The highest BCUT2D eigenvalue weighted by Crippen LogP contribution is 2.19. The lowest BCUT2D eigenvalue weighted by Gasteiger charge is -2.38. The average Bonchev–Trinajstić information content (AvgIpc) is 2.40. The first-order valence-corrected chi connectivity index (χ1v) is 7.80. The number of nitrogens with zero attached hydrogens (tertiary/aromatic N) is 2. The van der Waals surface area contributed by atoms with Crippen molar-refractivity contribution in [2.24, 2.45) is 0 Å². The smallest absolute Gasteiger partial charge is 0.236 e. The number of amides is 1. The zero-order chi connectivity index (χ0) is 14.3. The van der Waals surface area contributed by atoms with Gasteiger partial charge in [0.1, 0.15) is 0 Å². The molecule has 0 spiro atoms. The van der Waals surface area contributed by atoms with Gasteiger partial charge in [-0.3, -0.25) is 9.69 Å². The van der Waals surface area contributed by atoms with Gasteiger partial charge in [0.15, 0.2) is 0 Å². The van der Waals surface area contributed by atoms with Crippen LogP contribution in [-0.4, -0.2) is 59.1 Å². The summed E-state index contributed by atoms with van der Waals surface area (Å²) < 4.78 is 0. The third-order valence-electron chi connectivity index (χ3n) is 4.08. The summed E-state index contributed by atoms with van der Waals surface area (Å²) in [5.41, 5.74) is 0. The molecule has 1 amide bonds. The summed E-state index contributed by atoms with van der Waals surface area (Å²) in [7, 11) is 0. The number of hydrogen-bond acceptors (Lipinski definition) is 3. The molecule has 0 aromatic rings. The molecule has 4 nitrogen and oxygen atoms in total. The van der Waals surface area contributed by atoms with E-state index in [0.717, 1.165) is 51.7 Å². The molecule has 4 heteroatoms. The second-order valence-corrected chi connectivity index (χ2v) is 5.60. The minimum absolute atomic E-state index is 0.155. The molecular weight excluding hydrogens is 240 g/mol. The molecular formula is C15H30N2O2. The first-order valence-electron chi connectivity index (χ1n) is 7.80. The van der Waals surface area contributed by atoms with Crippen LogP contribution in [0.15, 0.2) is 0 Å². The van der Waals surface area contributed by atoms with Crippen molar-refractivity contribution < 1.29 is 9.90 Å². The number of hydrogen-bond donors (Lipinski definition) is 1. The van der Waals surface area contributed by atoms with E-state index in [9.17, 15) is 9.90 Å². The number of likely N-dealkylation sites (tertiary alicyclic amines) is 1. The number of carbonyl (C=O) groups is 1. The van der Waals surface area contributed by atoms with Crippen molar-refractivity contribution in [3.05, 3.63) is 0 Å². The normalized spacial score (nSPS) is 22.2. The second kappa shape index (κ2) is 8.54. The number of aliphatic hydroxyl groups excluding tert-OH is 1. The topological polar surface area (TPSA) is 43.8 Å². The van der Waals surface area contributed by atoms with Crippen LogP contribution in [0.4, 0.5) is 0 Å². The van der Waals surface area contributed by atoms with Crippen LogP contribution in [0.25, 0.3) is 0 Å². The van der Waals surface area contributed by atoms with Crippen LogP contribution in [0, 0.1) is 0 Å². The van der Waals surface area contributed by atoms with E-state index in [2.05, 4.69) is 11.8 Å². The van der Waals surface area contributed by atoms with E-state index in [-0.39, 0.29) is 18.1 Å². The van der Waals surface area contributed by atoms with Gasteiger partial charge in [-0.1, -0.05) is 19.8 Å². The Morgan fingerprint density at radius 3 is 2.74 bits per heavy atom. The van der Waals surface area contributed by atoms with E-state index in [1.54, 1.807) is 0 Å². The molecule has 1 aliphatic heterocycles. The van der Waals surface area contributed by atoms with Gasteiger partial charge in [-0.25, -0.2) is 0 Å². The van der Waals surface area contributed by atoms with E-state index in [4.69, 9.17) is 0 Å². The van der Waals surface area contributed by atoms with Gasteiger partial charge in [0.05, 0.1) is 12.6 Å². The fourth-order valence-electron chi connectivity index (χ4n) is 2.84. The van der Waals surface area contributed by atoms with Crippen LogP contribution in [0.3, 0.4) is 0 Å². The van der Waals surface area contributed by atoms with Crippen LogP contribution < -0.4 is 0 Å². The first kappa shape index (κ1) is 16.4. The SMILES string of the molecule is CCCCN(CC)C(=O)CN1CCCCC1C(C)O. The molecule has 1 rings (SSSR count). The van der Waals surface area contributed by atoms with E-state index >= 15 is 0 Å². The van der Waals surface area contributed by atoms with Gasteiger partial charge in [-0.15, -0.1) is 0 Å². The molecule has 112 valence electrons. The Hall–Kier alpha value is -0.610. The fourth-order valence-corrected chi connectivity index (χ4v) is 2.84. The number of carbonyl (C=O) groups excluding carboxylic acids is 1. The predicted molar refractivity (Wildman–Crippen MR) is 78.1 cm³/mol. The first-order chi connectivity index (χ1) is 9.10. The van der Waals surface area contributed by atoms with Crippen molar-refractivity contribution >= 4 is 5.91 Å². The standard InChI is InChI=1S/C15H30N2O2/c1-4-6-10-16(5-2)15(19)12-17-11-8-7-9-14(17)13(3)18/h13-14,18H,4-12H2,1-3H3. The molecule has 1 N–H and O–H groups in total. The predicted octanol–water partition coefficient (Wildman–Crippen LogP) is 1.87. The van der Waals surface area contributed by atoms with Crippen LogP contribution in [0.1, 0.15) is 52.9 Å². The Balaban J connectivity index is 2.52. The molecule has 19 heavy (non-hydrogen) atoms. The minimum atomic E-state index is -0.348. The lowest BCUT2D eigenvalue weighted by molar-refractivity contribution is -0.134. The maximum atomic E-state index is 12.3. The zero-order valence-corrected chi connectivity index (χ0v) is 12.8. The number of aliphatic hydroxyl groups is 1. The highest BCUT2D eigenvalue weighted by Gasteiger charge is 2.28. The molecule has 0 saturated carbocycles. The molecule has 1 saturated heterocycles. The molecule has 2 unspecified atom stereocenters. The number of likely N-dealkylation sites (N-methyl/N-ethyl adjacent to an activating group) is 1. The van der Waals surface area contributed by atoms with E-state index in [1.165, 1.54) is 0 Å². The minimum Gasteiger partial charge on any atom is -0.392 e. The number of piperidine rings is 1.